The van der Waals surface area contributed by atoms with Gasteiger partial charge in [-0.15, -0.1) is 0 Å². The highest BCUT2D eigenvalue weighted by atomic mass is 16.2. The zero-order valence-corrected chi connectivity index (χ0v) is 12.2. The fourth-order valence-corrected chi connectivity index (χ4v) is 2.19. The van der Waals surface area contributed by atoms with Crippen LogP contribution < -0.4 is 16.4 Å². The Hall–Kier alpha value is -2.37. The molecule has 0 aliphatic heterocycles. The van der Waals surface area contributed by atoms with Gasteiger partial charge >= 0.3 is 11.1 Å². The second-order valence-electron chi connectivity index (χ2n) is 5.38. The molecule has 1 heterocycles. The molecule has 0 aliphatic carbocycles. The van der Waals surface area contributed by atoms with Crippen LogP contribution in [0.4, 0.5) is 0 Å². The molecule has 112 valence electrons. The molecule has 1 amide bonds. The lowest BCUT2D eigenvalue weighted by atomic mass is 10.1. The monoisotopic (exact) mass is 289 g/mol. The van der Waals surface area contributed by atoms with E-state index in [4.69, 9.17) is 0 Å². The Balaban J connectivity index is 2.19. The van der Waals surface area contributed by atoms with Crippen LogP contribution in [0.2, 0.25) is 0 Å². The van der Waals surface area contributed by atoms with Crippen molar-refractivity contribution in [3.05, 3.63) is 45.0 Å². The molecule has 2 aromatic rings. The third-order valence-electron chi connectivity index (χ3n) is 3.13. The highest BCUT2D eigenvalue weighted by Crippen LogP contribution is 2.06. The summed E-state index contributed by atoms with van der Waals surface area (Å²) in [5, 5.41) is 2.76. The third-order valence-corrected chi connectivity index (χ3v) is 3.13. The van der Waals surface area contributed by atoms with Gasteiger partial charge in [-0.25, -0.2) is 0 Å². The number of H-pyrrole nitrogens is 1. The lowest BCUT2D eigenvalue weighted by Crippen LogP contribution is -2.39. The number of benzene rings is 1. The first-order chi connectivity index (χ1) is 9.99. The Morgan fingerprint density at radius 1 is 1.29 bits per heavy atom. The van der Waals surface area contributed by atoms with Crippen LogP contribution in [-0.4, -0.2) is 22.0 Å². The lowest BCUT2D eigenvalue weighted by molar-refractivity contribution is -0.121. The van der Waals surface area contributed by atoms with E-state index in [1.807, 2.05) is 13.8 Å². The van der Waals surface area contributed by atoms with Gasteiger partial charge in [-0.1, -0.05) is 26.0 Å². The van der Waals surface area contributed by atoms with E-state index >= 15 is 0 Å². The predicted molar refractivity (Wildman–Crippen MR) is 81.3 cm³/mol. The molecule has 0 bridgehead atoms. The summed E-state index contributed by atoms with van der Waals surface area (Å²) < 4.78 is 1.39. The van der Waals surface area contributed by atoms with Crippen molar-refractivity contribution in [2.75, 3.05) is 6.54 Å². The Bertz CT molecular complexity index is 759. The molecule has 1 aromatic heterocycles. The summed E-state index contributed by atoms with van der Waals surface area (Å²) in [6, 6.07) is 7.10. The van der Waals surface area contributed by atoms with Crippen molar-refractivity contribution in [2.24, 2.45) is 5.92 Å². The van der Waals surface area contributed by atoms with E-state index in [1.54, 1.807) is 24.3 Å². The quantitative estimate of drug-likeness (QED) is 0.800. The second-order valence-corrected chi connectivity index (χ2v) is 5.38. The fraction of sp³-hybridized carbons (Fsp3) is 0.400. The van der Waals surface area contributed by atoms with Gasteiger partial charge in [-0.3, -0.25) is 14.4 Å². The summed E-state index contributed by atoms with van der Waals surface area (Å²) in [5.74, 6) is 0.236. The number of carbonyl (C=O) groups excluding carboxylic acids is 1. The average molecular weight is 289 g/mol. The van der Waals surface area contributed by atoms with Crippen molar-refractivity contribution >= 4 is 16.9 Å². The van der Waals surface area contributed by atoms with Crippen LogP contribution in [0.3, 0.4) is 0 Å². The first-order valence-corrected chi connectivity index (χ1v) is 6.97. The minimum atomic E-state index is -0.651. The molecule has 0 unspecified atom stereocenters. The van der Waals surface area contributed by atoms with Gasteiger partial charge < -0.3 is 14.9 Å². The first kappa shape index (κ1) is 15.0. The third kappa shape index (κ3) is 3.59. The highest BCUT2D eigenvalue weighted by Gasteiger charge is 2.08. The summed E-state index contributed by atoms with van der Waals surface area (Å²) in [6.45, 7) is 4.52. The van der Waals surface area contributed by atoms with Crippen LogP contribution in [0, 0.1) is 5.92 Å². The predicted octanol–water partition coefficient (Wildman–Crippen LogP) is 0.852. The molecule has 0 spiro atoms. The standard InChI is InChI=1S/C15H19N3O3/c1-10(2)9-13(19)16-7-8-18-12-6-4-3-5-11(12)17-14(20)15(18)21/h3-6,10H,7-9H2,1-2H3,(H,16,19)(H,17,20). The second kappa shape index (κ2) is 6.39. The smallest absolute Gasteiger partial charge is 0.316 e. The van der Waals surface area contributed by atoms with Crippen molar-refractivity contribution in [1.29, 1.82) is 0 Å². The molecule has 6 nitrogen and oxygen atoms in total. The van der Waals surface area contributed by atoms with Gasteiger partial charge in [0.1, 0.15) is 0 Å². The zero-order chi connectivity index (χ0) is 15.4. The van der Waals surface area contributed by atoms with Crippen molar-refractivity contribution in [3.8, 4) is 0 Å². The van der Waals surface area contributed by atoms with Crippen LogP contribution >= 0.6 is 0 Å². The number of amides is 1. The normalized spacial score (nSPS) is 11.0. The van der Waals surface area contributed by atoms with E-state index in [-0.39, 0.29) is 18.4 Å². The maximum atomic E-state index is 11.9. The molecular formula is C15H19N3O3. The van der Waals surface area contributed by atoms with Gasteiger partial charge in [0, 0.05) is 19.5 Å². The van der Waals surface area contributed by atoms with E-state index in [0.717, 1.165) is 0 Å². The summed E-state index contributed by atoms with van der Waals surface area (Å²) in [5.41, 5.74) is 0.00447. The molecule has 0 saturated carbocycles. The number of rotatable bonds is 5. The van der Waals surface area contributed by atoms with E-state index in [0.29, 0.717) is 24.0 Å². The van der Waals surface area contributed by atoms with Crippen LogP contribution in [0.5, 0.6) is 0 Å². The SMILES string of the molecule is CC(C)CC(=O)NCCn1c(=O)c(=O)[nH]c2ccccc21. The minimum Gasteiger partial charge on any atom is -0.354 e. The summed E-state index contributed by atoms with van der Waals surface area (Å²) >= 11 is 0. The molecule has 0 aliphatic rings. The number of aromatic nitrogens is 2. The van der Waals surface area contributed by atoms with E-state index < -0.39 is 11.1 Å². The zero-order valence-electron chi connectivity index (χ0n) is 12.2. The number of nitrogens with zero attached hydrogens (tertiary/aromatic N) is 1. The molecule has 2 rings (SSSR count). The van der Waals surface area contributed by atoms with Crippen molar-refractivity contribution in [2.45, 2.75) is 26.8 Å². The topological polar surface area (TPSA) is 84.0 Å². The number of aromatic amines is 1. The van der Waals surface area contributed by atoms with Gasteiger partial charge in [0.25, 0.3) is 0 Å². The maximum Gasteiger partial charge on any atom is 0.316 e. The summed E-state index contributed by atoms with van der Waals surface area (Å²) in [4.78, 5) is 37.7. The van der Waals surface area contributed by atoms with Gasteiger partial charge in [0.05, 0.1) is 11.0 Å². The molecule has 21 heavy (non-hydrogen) atoms. The van der Waals surface area contributed by atoms with Crippen LogP contribution in [0.1, 0.15) is 20.3 Å². The Kier molecular flexibility index (Phi) is 4.57. The number of carbonyl (C=O) groups is 1. The van der Waals surface area contributed by atoms with Gasteiger partial charge in [0.2, 0.25) is 5.91 Å². The minimum absolute atomic E-state index is 0.0489. The maximum absolute atomic E-state index is 11.9. The molecule has 0 atom stereocenters. The van der Waals surface area contributed by atoms with Crippen LogP contribution in [0.25, 0.3) is 11.0 Å². The largest absolute Gasteiger partial charge is 0.354 e. The van der Waals surface area contributed by atoms with Gasteiger partial charge in [-0.2, -0.15) is 0 Å². The van der Waals surface area contributed by atoms with Crippen molar-refractivity contribution < 1.29 is 4.79 Å². The van der Waals surface area contributed by atoms with Crippen molar-refractivity contribution in [1.82, 2.24) is 14.9 Å². The van der Waals surface area contributed by atoms with Gasteiger partial charge in [-0.05, 0) is 18.1 Å². The fourth-order valence-electron chi connectivity index (χ4n) is 2.19. The Morgan fingerprint density at radius 2 is 2.00 bits per heavy atom. The van der Waals surface area contributed by atoms with Crippen molar-refractivity contribution in [3.63, 3.8) is 0 Å². The van der Waals surface area contributed by atoms with E-state index in [1.165, 1.54) is 4.57 Å². The Morgan fingerprint density at radius 3 is 2.71 bits per heavy atom. The first-order valence-electron chi connectivity index (χ1n) is 6.97. The summed E-state index contributed by atoms with van der Waals surface area (Å²) in [6.07, 6.45) is 0.449. The number of hydrogen-bond donors (Lipinski definition) is 2. The highest BCUT2D eigenvalue weighted by molar-refractivity contribution is 5.76. The lowest BCUT2D eigenvalue weighted by Gasteiger charge is -2.11. The Labute approximate surface area is 121 Å². The molecule has 2 N–H and O–H groups in total. The number of hydrogen-bond acceptors (Lipinski definition) is 3. The molecule has 0 saturated heterocycles. The van der Waals surface area contributed by atoms with E-state index in [9.17, 15) is 14.4 Å². The number of fused-ring (bicyclic) bond motifs is 1. The molecular weight excluding hydrogens is 270 g/mol. The van der Waals surface area contributed by atoms with E-state index in [2.05, 4.69) is 10.3 Å². The van der Waals surface area contributed by atoms with Gasteiger partial charge in [0.15, 0.2) is 0 Å². The number of nitrogens with one attached hydrogen (secondary N) is 2. The average Bonchev–Trinajstić information content (AvgIpc) is 2.42. The van der Waals surface area contributed by atoms with Crippen LogP contribution in [-0.2, 0) is 11.3 Å². The molecule has 0 radical (unpaired) electrons. The molecule has 1 aromatic carbocycles. The molecule has 6 heteroatoms. The molecule has 0 fully saturated rings. The van der Waals surface area contributed by atoms with Crippen LogP contribution in [0.15, 0.2) is 33.9 Å². The summed E-state index contributed by atoms with van der Waals surface area (Å²) in [7, 11) is 0. The number of para-hydroxylation sites is 2.